The predicted octanol–water partition coefficient (Wildman–Crippen LogP) is 1.09. The van der Waals surface area contributed by atoms with Gasteiger partial charge in [0.15, 0.2) is 9.84 Å². The first-order chi connectivity index (χ1) is 10.4. The Bertz CT molecular complexity index is 765. The van der Waals surface area contributed by atoms with Crippen LogP contribution < -0.4 is 5.32 Å². The normalized spacial score (nSPS) is 18.2. The van der Waals surface area contributed by atoms with Crippen molar-refractivity contribution in [1.82, 2.24) is 20.1 Å². The Morgan fingerprint density at radius 2 is 2.00 bits per heavy atom. The van der Waals surface area contributed by atoms with Crippen molar-refractivity contribution < 1.29 is 8.42 Å². The van der Waals surface area contributed by atoms with Crippen LogP contribution in [0, 0.1) is 6.92 Å². The van der Waals surface area contributed by atoms with Crippen molar-refractivity contribution in [3.63, 3.8) is 0 Å². The molecule has 0 radical (unpaired) electrons. The molecule has 0 amide bonds. The summed E-state index contributed by atoms with van der Waals surface area (Å²) in [6.07, 6.45) is 3.20. The van der Waals surface area contributed by atoms with Gasteiger partial charge in [-0.3, -0.25) is 0 Å². The van der Waals surface area contributed by atoms with Crippen LogP contribution in [-0.2, 0) is 29.3 Å². The van der Waals surface area contributed by atoms with Crippen molar-refractivity contribution in [3.8, 4) is 0 Å². The average Bonchev–Trinajstić information content (AvgIpc) is 2.86. The SMILES string of the molecule is Cc1nnc2n1C[C@H](NCc1ccc(S(C)(=O)=O)cc1)CC2. The first-order valence-electron chi connectivity index (χ1n) is 7.34. The highest BCUT2D eigenvalue weighted by atomic mass is 32.2. The maximum atomic E-state index is 11.4. The Morgan fingerprint density at radius 1 is 1.27 bits per heavy atom. The summed E-state index contributed by atoms with van der Waals surface area (Å²) in [6, 6.07) is 7.44. The van der Waals surface area contributed by atoms with Crippen LogP contribution in [0.4, 0.5) is 0 Å². The first kappa shape index (κ1) is 15.2. The van der Waals surface area contributed by atoms with E-state index in [1.165, 1.54) is 6.26 Å². The monoisotopic (exact) mass is 320 g/mol. The van der Waals surface area contributed by atoms with E-state index in [0.717, 1.165) is 43.1 Å². The van der Waals surface area contributed by atoms with Crippen LogP contribution in [0.15, 0.2) is 29.2 Å². The van der Waals surface area contributed by atoms with Crippen molar-refractivity contribution in [2.75, 3.05) is 6.26 Å². The van der Waals surface area contributed by atoms with Crippen LogP contribution >= 0.6 is 0 Å². The van der Waals surface area contributed by atoms with E-state index in [1.54, 1.807) is 12.1 Å². The summed E-state index contributed by atoms with van der Waals surface area (Å²) >= 11 is 0. The zero-order valence-corrected chi connectivity index (χ0v) is 13.6. The molecule has 1 aromatic carbocycles. The molecular weight excluding hydrogens is 300 g/mol. The molecule has 7 heteroatoms. The van der Waals surface area contributed by atoms with E-state index in [0.29, 0.717) is 10.9 Å². The maximum absolute atomic E-state index is 11.4. The molecule has 0 fully saturated rings. The number of fused-ring (bicyclic) bond motifs is 1. The summed E-state index contributed by atoms with van der Waals surface area (Å²) < 4.78 is 25.0. The first-order valence-corrected chi connectivity index (χ1v) is 9.23. The molecule has 1 atom stereocenters. The Kier molecular flexibility index (Phi) is 4.01. The van der Waals surface area contributed by atoms with E-state index < -0.39 is 9.84 Å². The Labute approximate surface area is 130 Å². The smallest absolute Gasteiger partial charge is 0.175 e. The van der Waals surface area contributed by atoms with Gasteiger partial charge in [0.05, 0.1) is 4.90 Å². The van der Waals surface area contributed by atoms with E-state index >= 15 is 0 Å². The van der Waals surface area contributed by atoms with E-state index in [2.05, 4.69) is 20.1 Å². The van der Waals surface area contributed by atoms with Crippen LogP contribution in [0.2, 0.25) is 0 Å². The van der Waals surface area contributed by atoms with Crippen LogP contribution in [-0.4, -0.2) is 35.5 Å². The molecule has 1 aliphatic heterocycles. The van der Waals surface area contributed by atoms with Gasteiger partial charge in [-0.25, -0.2) is 8.42 Å². The molecule has 0 saturated carbocycles. The molecule has 1 N–H and O–H groups in total. The summed E-state index contributed by atoms with van der Waals surface area (Å²) in [5.74, 6) is 2.02. The molecule has 118 valence electrons. The molecule has 3 rings (SSSR count). The van der Waals surface area contributed by atoms with E-state index in [9.17, 15) is 8.42 Å². The lowest BCUT2D eigenvalue weighted by molar-refractivity contribution is 0.375. The Hall–Kier alpha value is -1.73. The summed E-state index contributed by atoms with van der Waals surface area (Å²) in [6.45, 7) is 3.59. The van der Waals surface area contributed by atoms with Crippen LogP contribution in [0.5, 0.6) is 0 Å². The molecule has 2 aromatic rings. The fourth-order valence-corrected chi connectivity index (χ4v) is 3.38. The summed E-state index contributed by atoms with van der Waals surface area (Å²) in [5, 5.41) is 11.8. The van der Waals surface area contributed by atoms with Crippen molar-refractivity contribution >= 4 is 9.84 Å². The number of aromatic nitrogens is 3. The minimum atomic E-state index is -3.12. The molecule has 1 aromatic heterocycles. The fourth-order valence-electron chi connectivity index (χ4n) is 2.75. The number of sulfone groups is 1. The third-order valence-corrected chi connectivity index (χ3v) is 5.21. The van der Waals surface area contributed by atoms with E-state index in [4.69, 9.17) is 0 Å². The number of aryl methyl sites for hydroxylation is 2. The lowest BCUT2D eigenvalue weighted by Crippen LogP contribution is -2.37. The molecule has 2 heterocycles. The van der Waals surface area contributed by atoms with Gasteiger partial charge in [0, 0.05) is 31.8 Å². The standard InChI is InChI=1S/C15H20N4O2S/c1-11-17-18-15-8-5-13(10-19(11)15)16-9-12-3-6-14(7-4-12)22(2,20)21/h3-4,6-7,13,16H,5,8-10H2,1-2H3/t13-/m1/s1. The van der Waals surface area contributed by atoms with Crippen molar-refractivity contribution in [3.05, 3.63) is 41.5 Å². The largest absolute Gasteiger partial charge is 0.314 e. The minimum Gasteiger partial charge on any atom is -0.314 e. The van der Waals surface area contributed by atoms with Gasteiger partial charge in [0.25, 0.3) is 0 Å². The van der Waals surface area contributed by atoms with Crippen LogP contribution in [0.3, 0.4) is 0 Å². The molecule has 0 unspecified atom stereocenters. The predicted molar refractivity (Wildman–Crippen MR) is 83.3 cm³/mol. The number of nitrogens with one attached hydrogen (secondary N) is 1. The maximum Gasteiger partial charge on any atom is 0.175 e. The lowest BCUT2D eigenvalue weighted by atomic mass is 10.1. The molecule has 0 bridgehead atoms. The highest BCUT2D eigenvalue weighted by molar-refractivity contribution is 7.90. The topological polar surface area (TPSA) is 76.9 Å². The summed E-state index contributed by atoms with van der Waals surface area (Å²) in [7, 11) is -3.12. The molecule has 22 heavy (non-hydrogen) atoms. The summed E-state index contributed by atoms with van der Waals surface area (Å²) in [4.78, 5) is 0.360. The summed E-state index contributed by atoms with van der Waals surface area (Å²) in [5.41, 5.74) is 1.08. The highest BCUT2D eigenvalue weighted by Crippen LogP contribution is 2.15. The van der Waals surface area contributed by atoms with Gasteiger partial charge in [-0.2, -0.15) is 0 Å². The molecule has 0 aliphatic carbocycles. The number of benzene rings is 1. The van der Waals surface area contributed by atoms with Crippen molar-refractivity contribution in [2.45, 2.75) is 43.8 Å². The minimum absolute atomic E-state index is 0.360. The molecule has 6 nitrogen and oxygen atoms in total. The number of nitrogens with zero attached hydrogens (tertiary/aromatic N) is 3. The Morgan fingerprint density at radius 3 is 2.68 bits per heavy atom. The number of hydrogen-bond donors (Lipinski definition) is 1. The molecule has 0 saturated heterocycles. The van der Waals surface area contributed by atoms with Crippen LogP contribution in [0.25, 0.3) is 0 Å². The second-order valence-corrected chi connectivity index (χ2v) is 7.82. The van der Waals surface area contributed by atoms with E-state index in [-0.39, 0.29) is 0 Å². The van der Waals surface area contributed by atoms with Crippen molar-refractivity contribution in [1.29, 1.82) is 0 Å². The Balaban J connectivity index is 1.61. The number of hydrogen-bond acceptors (Lipinski definition) is 5. The average molecular weight is 320 g/mol. The van der Waals surface area contributed by atoms with Crippen molar-refractivity contribution in [2.24, 2.45) is 0 Å². The van der Waals surface area contributed by atoms with E-state index in [1.807, 2.05) is 19.1 Å². The molecular formula is C15H20N4O2S. The lowest BCUT2D eigenvalue weighted by Gasteiger charge is -2.25. The zero-order valence-electron chi connectivity index (χ0n) is 12.8. The second-order valence-electron chi connectivity index (χ2n) is 5.81. The fraction of sp³-hybridized carbons (Fsp3) is 0.467. The zero-order chi connectivity index (χ0) is 15.7. The van der Waals surface area contributed by atoms with Gasteiger partial charge in [-0.1, -0.05) is 12.1 Å². The highest BCUT2D eigenvalue weighted by Gasteiger charge is 2.20. The molecule has 1 aliphatic rings. The van der Waals surface area contributed by atoms with Gasteiger partial charge in [0.1, 0.15) is 11.6 Å². The van der Waals surface area contributed by atoms with Gasteiger partial charge in [0.2, 0.25) is 0 Å². The quantitative estimate of drug-likeness (QED) is 0.913. The van der Waals surface area contributed by atoms with Gasteiger partial charge < -0.3 is 9.88 Å². The van der Waals surface area contributed by atoms with Gasteiger partial charge in [-0.15, -0.1) is 10.2 Å². The third-order valence-electron chi connectivity index (χ3n) is 4.08. The van der Waals surface area contributed by atoms with Gasteiger partial charge in [-0.05, 0) is 31.0 Å². The molecule has 0 spiro atoms. The number of rotatable bonds is 4. The second kappa shape index (κ2) is 5.81. The van der Waals surface area contributed by atoms with Crippen LogP contribution in [0.1, 0.15) is 23.6 Å². The third kappa shape index (κ3) is 3.20. The van der Waals surface area contributed by atoms with Gasteiger partial charge >= 0.3 is 0 Å².